The molecule has 0 atom stereocenters. The Kier molecular flexibility index (Phi) is 2.10. The lowest BCUT2D eigenvalue weighted by Gasteiger charge is -1.97. The molecule has 3 N–H and O–H groups in total. The molecule has 0 amide bonds. The van der Waals surface area contributed by atoms with E-state index in [0.29, 0.717) is 22.0 Å². The van der Waals surface area contributed by atoms with Crippen molar-refractivity contribution >= 4 is 47.4 Å². The van der Waals surface area contributed by atoms with Gasteiger partial charge in [0.15, 0.2) is 13.4 Å². The molecule has 3 aromatic rings. The van der Waals surface area contributed by atoms with Crippen LogP contribution >= 0.6 is 0 Å². The van der Waals surface area contributed by atoms with Gasteiger partial charge in [0.2, 0.25) is 0 Å². The van der Waals surface area contributed by atoms with Crippen LogP contribution in [0.4, 0.5) is 5.82 Å². The van der Waals surface area contributed by atoms with Gasteiger partial charge in [-0.25, -0.2) is 9.78 Å². The number of nitrogens with one attached hydrogen (secondary N) is 1. The molecule has 0 aliphatic heterocycles. The molecule has 3 rings (SSSR count). The molecule has 2 radical (unpaired) electrons. The van der Waals surface area contributed by atoms with Gasteiger partial charge >= 0.3 is 5.97 Å². The van der Waals surface area contributed by atoms with Crippen LogP contribution in [0.3, 0.4) is 0 Å². The van der Waals surface area contributed by atoms with Gasteiger partial charge in [-0.1, -0.05) is 0 Å². The summed E-state index contributed by atoms with van der Waals surface area (Å²) in [6.45, 7) is 0. The number of anilines is 1. The first kappa shape index (κ1) is 10.7. The lowest BCUT2D eigenvalue weighted by atomic mass is 10.1. The van der Waals surface area contributed by atoms with E-state index in [2.05, 4.69) is 9.97 Å². The summed E-state index contributed by atoms with van der Waals surface area (Å²) in [5, 5.41) is 0.614. The average Bonchev–Trinajstić information content (AvgIpc) is 2.82. The van der Waals surface area contributed by atoms with Crippen LogP contribution in [0.25, 0.3) is 22.0 Å². The highest BCUT2D eigenvalue weighted by Gasteiger charge is 2.18. The van der Waals surface area contributed by atoms with Crippen LogP contribution in [-0.4, -0.2) is 30.9 Å². The zero-order chi connectivity index (χ0) is 12.9. The zero-order valence-corrected chi connectivity index (χ0v) is 9.48. The van der Waals surface area contributed by atoms with Crippen LogP contribution in [0, 0.1) is 0 Å². The van der Waals surface area contributed by atoms with Crippen molar-refractivity contribution < 1.29 is 13.9 Å². The molecule has 0 saturated carbocycles. The number of fused-ring (bicyclic) bond motifs is 2. The van der Waals surface area contributed by atoms with E-state index in [9.17, 15) is 4.79 Å². The van der Waals surface area contributed by atoms with Gasteiger partial charge < -0.3 is 19.9 Å². The Labute approximate surface area is 103 Å². The number of nitrogens with zero attached hydrogens (tertiary/aromatic N) is 1. The Balaban J connectivity index is 2.39. The van der Waals surface area contributed by atoms with Gasteiger partial charge in [-0.3, -0.25) is 0 Å². The topological polar surface area (TPSA) is 94.1 Å². The van der Waals surface area contributed by atoms with Gasteiger partial charge in [0.1, 0.15) is 22.7 Å². The van der Waals surface area contributed by atoms with Gasteiger partial charge in [-0.15, -0.1) is 0 Å². The number of nitrogens with two attached hydrogens (primary N) is 1. The standard InChI is InChI=1S/C11H8BN3O3/c1-17-10(16)8-4-2-7-6(15-11(12)18-7)3-5(4)14-9(8)13/h2-3,14H,13H2,1H3. The highest BCUT2D eigenvalue weighted by molar-refractivity contribution is 6.29. The molecule has 0 bridgehead atoms. The Morgan fingerprint density at radius 2 is 2.33 bits per heavy atom. The Morgan fingerprint density at radius 3 is 3.06 bits per heavy atom. The maximum absolute atomic E-state index is 11.7. The van der Waals surface area contributed by atoms with E-state index in [4.69, 9.17) is 22.7 Å². The number of benzene rings is 1. The van der Waals surface area contributed by atoms with Crippen molar-refractivity contribution in [1.29, 1.82) is 0 Å². The molecule has 0 fully saturated rings. The smallest absolute Gasteiger partial charge is 0.342 e. The van der Waals surface area contributed by atoms with Gasteiger partial charge in [0.25, 0.3) is 0 Å². The summed E-state index contributed by atoms with van der Waals surface area (Å²) in [5.74, 6) is -0.187. The van der Waals surface area contributed by atoms with E-state index in [1.807, 2.05) is 0 Å². The van der Waals surface area contributed by atoms with Crippen molar-refractivity contribution in [3.63, 3.8) is 0 Å². The summed E-state index contributed by atoms with van der Waals surface area (Å²) in [6, 6.07) is 3.38. The number of rotatable bonds is 1. The third-order valence-electron chi connectivity index (χ3n) is 2.74. The van der Waals surface area contributed by atoms with Crippen molar-refractivity contribution in [3.8, 4) is 0 Å². The van der Waals surface area contributed by atoms with E-state index in [1.165, 1.54) is 7.11 Å². The molecular weight excluding hydrogens is 233 g/mol. The fraction of sp³-hybridized carbons (Fsp3) is 0.0909. The second-order valence-corrected chi connectivity index (χ2v) is 3.82. The molecule has 0 aliphatic carbocycles. The van der Waals surface area contributed by atoms with Crippen molar-refractivity contribution in [2.24, 2.45) is 0 Å². The molecule has 0 unspecified atom stereocenters. The molecule has 2 aromatic heterocycles. The highest BCUT2D eigenvalue weighted by atomic mass is 16.5. The third-order valence-corrected chi connectivity index (χ3v) is 2.74. The minimum Gasteiger partial charge on any atom is -0.465 e. The minimum atomic E-state index is -0.509. The van der Waals surface area contributed by atoms with Crippen LogP contribution < -0.4 is 11.5 Å². The van der Waals surface area contributed by atoms with E-state index in [1.54, 1.807) is 12.1 Å². The van der Waals surface area contributed by atoms with Crippen molar-refractivity contribution in [3.05, 3.63) is 17.7 Å². The fourth-order valence-electron chi connectivity index (χ4n) is 1.98. The van der Waals surface area contributed by atoms with Gasteiger partial charge in [0.05, 0.1) is 12.6 Å². The molecule has 2 heterocycles. The van der Waals surface area contributed by atoms with Crippen LogP contribution in [0.1, 0.15) is 10.4 Å². The number of aromatic amines is 1. The molecule has 6 nitrogen and oxygen atoms in total. The largest absolute Gasteiger partial charge is 0.465 e. The summed E-state index contributed by atoms with van der Waals surface area (Å²) in [5.41, 5.74) is 7.80. The van der Waals surface area contributed by atoms with E-state index in [-0.39, 0.29) is 17.2 Å². The molecule has 18 heavy (non-hydrogen) atoms. The second-order valence-electron chi connectivity index (χ2n) is 3.82. The number of hydrogen-bond acceptors (Lipinski definition) is 5. The number of methoxy groups -OCH3 is 1. The summed E-state index contributed by atoms with van der Waals surface area (Å²) in [4.78, 5) is 18.6. The van der Waals surface area contributed by atoms with Crippen LogP contribution in [-0.2, 0) is 4.74 Å². The maximum Gasteiger partial charge on any atom is 0.342 e. The van der Waals surface area contributed by atoms with Gasteiger partial charge in [0, 0.05) is 5.39 Å². The SMILES string of the molecule is [B]c1nc2cc3[nH]c(N)c(C(=O)OC)c3cc2o1. The molecule has 0 spiro atoms. The Morgan fingerprint density at radius 1 is 1.56 bits per heavy atom. The first-order valence-electron chi connectivity index (χ1n) is 5.15. The number of nitrogen functional groups attached to an aromatic ring is 1. The van der Waals surface area contributed by atoms with E-state index >= 15 is 0 Å². The Bertz CT molecular complexity index is 775. The number of ether oxygens (including phenoxy) is 1. The molecular formula is C11H8BN3O3. The Hall–Kier alpha value is -2.44. The van der Waals surface area contributed by atoms with Crippen LogP contribution in [0.5, 0.6) is 0 Å². The molecule has 7 heteroatoms. The molecule has 88 valence electrons. The summed E-state index contributed by atoms with van der Waals surface area (Å²) < 4.78 is 9.90. The lowest BCUT2D eigenvalue weighted by Crippen LogP contribution is -2.03. The first-order chi connectivity index (χ1) is 8.60. The van der Waals surface area contributed by atoms with Crippen LogP contribution in [0.15, 0.2) is 16.5 Å². The van der Waals surface area contributed by atoms with Crippen molar-refractivity contribution in [2.75, 3.05) is 12.8 Å². The normalized spacial score (nSPS) is 11.2. The quantitative estimate of drug-likeness (QED) is 0.477. The maximum atomic E-state index is 11.7. The van der Waals surface area contributed by atoms with Crippen molar-refractivity contribution in [1.82, 2.24) is 9.97 Å². The van der Waals surface area contributed by atoms with Crippen molar-refractivity contribution in [2.45, 2.75) is 0 Å². The molecule has 0 saturated heterocycles. The van der Waals surface area contributed by atoms with E-state index in [0.717, 1.165) is 0 Å². The van der Waals surface area contributed by atoms with Crippen LogP contribution in [0.2, 0.25) is 0 Å². The fourth-order valence-corrected chi connectivity index (χ4v) is 1.98. The number of aromatic nitrogens is 2. The predicted molar refractivity (Wildman–Crippen MR) is 67.0 cm³/mol. The summed E-state index contributed by atoms with van der Waals surface area (Å²) in [7, 11) is 6.77. The number of carbonyl (C=O) groups excluding carboxylic acids is 1. The summed E-state index contributed by atoms with van der Waals surface area (Å²) >= 11 is 0. The number of hydrogen-bond donors (Lipinski definition) is 2. The third kappa shape index (κ3) is 1.37. The van der Waals surface area contributed by atoms with Gasteiger partial charge in [-0.05, 0) is 12.1 Å². The van der Waals surface area contributed by atoms with E-state index < -0.39 is 5.97 Å². The summed E-state index contributed by atoms with van der Waals surface area (Å²) in [6.07, 6.45) is 0. The first-order valence-corrected chi connectivity index (χ1v) is 5.15. The molecule has 1 aromatic carbocycles. The lowest BCUT2D eigenvalue weighted by molar-refractivity contribution is 0.0604. The number of H-pyrrole nitrogens is 1. The number of oxazole rings is 1. The predicted octanol–water partition coefficient (Wildman–Crippen LogP) is 0.472. The zero-order valence-electron chi connectivity index (χ0n) is 9.48. The second kappa shape index (κ2) is 3.53. The minimum absolute atomic E-state index is 0.0743. The van der Waals surface area contributed by atoms with Gasteiger partial charge in [-0.2, -0.15) is 0 Å². The average molecular weight is 241 g/mol. The monoisotopic (exact) mass is 241 g/mol. The molecule has 0 aliphatic rings. The number of carbonyl (C=O) groups is 1. The number of esters is 1. The highest BCUT2D eigenvalue weighted by Crippen LogP contribution is 2.28.